The van der Waals surface area contributed by atoms with Crippen LogP contribution in [0.25, 0.3) is 0 Å². The van der Waals surface area contributed by atoms with Gasteiger partial charge in [-0.05, 0) is 24.7 Å². The average molecular weight is 193 g/mol. The maximum atomic E-state index is 5.88. The third kappa shape index (κ3) is 5.00. The van der Waals surface area contributed by atoms with Gasteiger partial charge in [-0.2, -0.15) is 0 Å². The van der Waals surface area contributed by atoms with Gasteiger partial charge in [-0.15, -0.1) is 11.6 Å². The highest BCUT2D eigenvalue weighted by atomic mass is 35.5. The first-order chi connectivity index (χ1) is 5.52. The van der Waals surface area contributed by atoms with Crippen molar-refractivity contribution in [3.63, 3.8) is 0 Å². The maximum absolute atomic E-state index is 5.88. The molecule has 0 aliphatic heterocycles. The van der Waals surface area contributed by atoms with E-state index in [1.807, 2.05) is 6.92 Å². The van der Waals surface area contributed by atoms with Crippen molar-refractivity contribution in [3.8, 4) is 0 Å². The Balaban J connectivity index is 3.68. The number of alkyl halides is 1. The zero-order valence-corrected chi connectivity index (χ0v) is 9.45. The molecule has 0 aliphatic carbocycles. The van der Waals surface area contributed by atoms with Gasteiger partial charge >= 0.3 is 0 Å². The molecule has 0 aromatic carbocycles. The van der Waals surface area contributed by atoms with Crippen LogP contribution in [0.2, 0.25) is 0 Å². The van der Waals surface area contributed by atoms with Crippen LogP contribution in [0.1, 0.15) is 34.1 Å². The summed E-state index contributed by atoms with van der Waals surface area (Å²) in [5, 5.41) is 0. The van der Waals surface area contributed by atoms with Crippen molar-refractivity contribution in [2.24, 2.45) is 11.3 Å². The fraction of sp³-hybridized carbons (Fsp3) is 1.00. The zero-order chi connectivity index (χ0) is 9.61. The van der Waals surface area contributed by atoms with Crippen LogP contribution >= 0.6 is 11.6 Å². The van der Waals surface area contributed by atoms with Crippen LogP contribution in [0.4, 0.5) is 0 Å². The van der Waals surface area contributed by atoms with Gasteiger partial charge in [0.1, 0.15) is 0 Å². The fourth-order valence-electron chi connectivity index (χ4n) is 1.11. The Morgan fingerprint density at radius 3 is 2.25 bits per heavy atom. The van der Waals surface area contributed by atoms with Gasteiger partial charge in [-0.25, -0.2) is 0 Å². The molecule has 0 N–H and O–H groups in total. The van der Waals surface area contributed by atoms with E-state index in [4.69, 9.17) is 16.3 Å². The van der Waals surface area contributed by atoms with Gasteiger partial charge in [0.05, 0.1) is 0 Å². The summed E-state index contributed by atoms with van der Waals surface area (Å²) in [6.45, 7) is 10.3. The summed E-state index contributed by atoms with van der Waals surface area (Å²) in [5.41, 5.74) is 0.304. The maximum Gasteiger partial charge on any atom is 0.0469 e. The van der Waals surface area contributed by atoms with Crippen LogP contribution in [0, 0.1) is 11.3 Å². The Labute approximate surface area is 81.4 Å². The van der Waals surface area contributed by atoms with Gasteiger partial charge in [-0.1, -0.05) is 20.8 Å². The second-order valence-electron chi connectivity index (χ2n) is 4.20. The molecule has 74 valence electrons. The van der Waals surface area contributed by atoms with E-state index in [1.54, 1.807) is 0 Å². The molecule has 1 atom stereocenters. The molecule has 12 heavy (non-hydrogen) atoms. The lowest BCUT2D eigenvalue weighted by atomic mass is 9.80. The summed E-state index contributed by atoms with van der Waals surface area (Å²) in [6.07, 6.45) is 1.07. The van der Waals surface area contributed by atoms with Crippen molar-refractivity contribution in [1.29, 1.82) is 0 Å². The Kier molecular flexibility index (Phi) is 5.94. The average Bonchev–Trinajstić information content (AvgIpc) is 1.95. The summed E-state index contributed by atoms with van der Waals surface area (Å²) in [4.78, 5) is 0. The highest BCUT2D eigenvalue weighted by Gasteiger charge is 2.22. The molecule has 2 heteroatoms. The monoisotopic (exact) mass is 192 g/mol. The summed E-state index contributed by atoms with van der Waals surface area (Å²) in [6, 6.07) is 0. The Hall–Kier alpha value is 0.250. The van der Waals surface area contributed by atoms with Gasteiger partial charge in [-0.3, -0.25) is 0 Å². The third-order valence-corrected chi connectivity index (χ3v) is 2.60. The molecule has 0 aliphatic rings. The van der Waals surface area contributed by atoms with Crippen molar-refractivity contribution >= 4 is 11.6 Å². The van der Waals surface area contributed by atoms with E-state index in [0.717, 1.165) is 25.5 Å². The predicted octanol–water partition coefficient (Wildman–Crippen LogP) is 3.31. The summed E-state index contributed by atoms with van der Waals surface area (Å²) in [7, 11) is 0. The van der Waals surface area contributed by atoms with Crippen LogP contribution in [0.5, 0.6) is 0 Å². The van der Waals surface area contributed by atoms with Crippen molar-refractivity contribution in [3.05, 3.63) is 0 Å². The van der Waals surface area contributed by atoms with Crippen molar-refractivity contribution in [2.75, 3.05) is 19.1 Å². The number of hydrogen-bond acceptors (Lipinski definition) is 1. The van der Waals surface area contributed by atoms with Crippen LogP contribution in [0.3, 0.4) is 0 Å². The molecule has 0 aromatic heterocycles. The van der Waals surface area contributed by atoms with Gasteiger partial charge in [0, 0.05) is 19.1 Å². The summed E-state index contributed by atoms with van der Waals surface area (Å²) < 4.78 is 5.30. The number of rotatable bonds is 5. The molecule has 0 spiro atoms. The van der Waals surface area contributed by atoms with Gasteiger partial charge in [0.15, 0.2) is 0 Å². The molecule has 0 heterocycles. The standard InChI is InChI=1S/C10H21ClO/c1-5-12-7-6-9(8-11)10(2,3)4/h9H,5-8H2,1-4H3. The van der Waals surface area contributed by atoms with Gasteiger partial charge in [0.25, 0.3) is 0 Å². The van der Waals surface area contributed by atoms with Crippen LogP contribution < -0.4 is 0 Å². The molecular weight excluding hydrogens is 172 g/mol. The lowest BCUT2D eigenvalue weighted by molar-refractivity contribution is 0.113. The fourth-order valence-corrected chi connectivity index (χ4v) is 1.73. The van der Waals surface area contributed by atoms with E-state index < -0.39 is 0 Å². The molecule has 0 fully saturated rings. The van der Waals surface area contributed by atoms with Gasteiger partial charge in [0.2, 0.25) is 0 Å². The number of ether oxygens (including phenoxy) is 1. The normalized spacial score (nSPS) is 14.8. The van der Waals surface area contributed by atoms with Crippen LogP contribution in [0.15, 0.2) is 0 Å². The van der Waals surface area contributed by atoms with E-state index in [0.29, 0.717) is 11.3 Å². The molecule has 0 bridgehead atoms. The topological polar surface area (TPSA) is 9.23 Å². The molecule has 0 rings (SSSR count). The van der Waals surface area contributed by atoms with Crippen LogP contribution in [-0.4, -0.2) is 19.1 Å². The first-order valence-electron chi connectivity index (χ1n) is 4.66. The summed E-state index contributed by atoms with van der Waals surface area (Å²) in [5.74, 6) is 1.29. The van der Waals surface area contributed by atoms with E-state index in [-0.39, 0.29) is 0 Å². The minimum absolute atomic E-state index is 0.304. The lowest BCUT2D eigenvalue weighted by Crippen LogP contribution is -2.23. The smallest absolute Gasteiger partial charge is 0.0469 e. The molecule has 1 nitrogen and oxygen atoms in total. The second kappa shape index (κ2) is 5.82. The minimum Gasteiger partial charge on any atom is -0.382 e. The predicted molar refractivity (Wildman–Crippen MR) is 54.8 cm³/mol. The molecule has 0 radical (unpaired) electrons. The molecule has 0 aromatic rings. The number of hydrogen-bond donors (Lipinski definition) is 0. The molecule has 0 saturated heterocycles. The lowest BCUT2D eigenvalue weighted by Gasteiger charge is -2.28. The van der Waals surface area contributed by atoms with E-state index in [2.05, 4.69) is 20.8 Å². The molecule has 0 saturated carbocycles. The Morgan fingerprint density at radius 1 is 1.33 bits per heavy atom. The Bertz CT molecular complexity index is 107. The van der Waals surface area contributed by atoms with Crippen LogP contribution in [-0.2, 0) is 4.74 Å². The largest absolute Gasteiger partial charge is 0.382 e. The van der Waals surface area contributed by atoms with Crippen molar-refractivity contribution in [2.45, 2.75) is 34.1 Å². The van der Waals surface area contributed by atoms with E-state index in [1.165, 1.54) is 0 Å². The quantitative estimate of drug-likeness (QED) is 0.480. The first kappa shape index (κ1) is 12.2. The van der Waals surface area contributed by atoms with E-state index >= 15 is 0 Å². The third-order valence-electron chi connectivity index (χ3n) is 2.23. The van der Waals surface area contributed by atoms with E-state index in [9.17, 15) is 0 Å². The number of halogens is 1. The Morgan fingerprint density at radius 2 is 1.92 bits per heavy atom. The highest BCUT2D eigenvalue weighted by Crippen LogP contribution is 2.29. The van der Waals surface area contributed by atoms with Gasteiger partial charge < -0.3 is 4.74 Å². The minimum atomic E-state index is 0.304. The van der Waals surface area contributed by atoms with Crippen molar-refractivity contribution < 1.29 is 4.74 Å². The molecule has 0 amide bonds. The second-order valence-corrected chi connectivity index (χ2v) is 4.51. The SMILES string of the molecule is CCOCCC(CCl)C(C)(C)C. The van der Waals surface area contributed by atoms with Crippen molar-refractivity contribution in [1.82, 2.24) is 0 Å². The molecule has 1 unspecified atom stereocenters. The molecular formula is C10H21ClO. The zero-order valence-electron chi connectivity index (χ0n) is 8.69. The first-order valence-corrected chi connectivity index (χ1v) is 5.19. The highest BCUT2D eigenvalue weighted by molar-refractivity contribution is 6.18. The summed E-state index contributed by atoms with van der Waals surface area (Å²) >= 11 is 5.88.